The minimum Gasteiger partial charge on any atom is -0.506 e. The van der Waals surface area contributed by atoms with Gasteiger partial charge < -0.3 is 14.9 Å². The SMILES string of the molecule is CC(C)[C@H]1CN(C(=O)c2ccc(O)cn2)CCC(=O)N1Cc1ccc(F)cc1. The summed E-state index contributed by atoms with van der Waals surface area (Å²) < 4.78 is 13.2. The van der Waals surface area contributed by atoms with Gasteiger partial charge in [0.15, 0.2) is 0 Å². The van der Waals surface area contributed by atoms with Crippen molar-refractivity contribution >= 4 is 11.8 Å². The van der Waals surface area contributed by atoms with Crippen molar-refractivity contribution < 1.29 is 19.1 Å². The van der Waals surface area contributed by atoms with Crippen molar-refractivity contribution in [1.29, 1.82) is 0 Å². The third-order valence-corrected chi connectivity index (χ3v) is 5.01. The molecule has 1 atom stereocenters. The standard InChI is InChI=1S/C21H24FN3O3/c1-14(2)19-13-24(21(28)18-8-7-17(26)11-23-18)10-9-20(27)25(19)12-15-3-5-16(22)6-4-15/h3-8,11,14,19,26H,9-10,12-13H2,1-2H3/t19-/m1/s1. The number of rotatable bonds is 4. The molecule has 6 nitrogen and oxygen atoms in total. The Morgan fingerprint density at radius 2 is 1.96 bits per heavy atom. The highest BCUT2D eigenvalue weighted by atomic mass is 19.1. The van der Waals surface area contributed by atoms with Crippen LogP contribution < -0.4 is 0 Å². The van der Waals surface area contributed by atoms with Crippen molar-refractivity contribution in [3.8, 4) is 5.75 Å². The molecule has 1 aromatic heterocycles. The van der Waals surface area contributed by atoms with E-state index in [1.54, 1.807) is 21.9 Å². The molecule has 0 spiro atoms. The number of aromatic nitrogens is 1. The quantitative estimate of drug-likeness (QED) is 0.878. The summed E-state index contributed by atoms with van der Waals surface area (Å²) in [4.78, 5) is 33.1. The zero-order valence-corrected chi connectivity index (χ0v) is 16.0. The summed E-state index contributed by atoms with van der Waals surface area (Å²) in [5.74, 6) is -0.484. The Morgan fingerprint density at radius 1 is 1.25 bits per heavy atom. The van der Waals surface area contributed by atoms with Crippen LogP contribution >= 0.6 is 0 Å². The summed E-state index contributed by atoms with van der Waals surface area (Å²) >= 11 is 0. The molecule has 1 aromatic carbocycles. The first-order valence-electron chi connectivity index (χ1n) is 9.33. The minimum atomic E-state index is -0.315. The van der Waals surface area contributed by atoms with Crippen LogP contribution in [0.2, 0.25) is 0 Å². The molecule has 2 amide bonds. The number of nitrogens with zero attached hydrogens (tertiary/aromatic N) is 3. The molecule has 0 bridgehead atoms. The van der Waals surface area contributed by atoms with E-state index in [4.69, 9.17) is 0 Å². The monoisotopic (exact) mass is 385 g/mol. The normalized spacial score (nSPS) is 17.7. The van der Waals surface area contributed by atoms with E-state index < -0.39 is 0 Å². The van der Waals surface area contributed by atoms with Gasteiger partial charge in [-0.15, -0.1) is 0 Å². The fourth-order valence-electron chi connectivity index (χ4n) is 3.40. The molecule has 1 saturated heterocycles. The predicted octanol–water partition coefficient (Wildman–Crippen LogP) is 2.83. The maximum atomic E-state index is 13.2. The Bertz CT molecular complexity index is 837. The molecule has 0 unspecified atom stereocenters. The fourth-order valence-corrected chi connectivity index (χ4v) is 3.40. The van der Waals surface area contributed by atoms with Gasteiger partial charge in [0.05, 0.1) is 12.2 Å². The Kier molecular flexibility index (Phi) is 5.92. The van der Waals surface area contributed by atoms with Crippen LogP contribution in [0.25, 0.3) is 0 Å². The number of carbonyl (C=O) groups is 2. The second-order valence-electron chi connectivity index (χ2n) is 7.36. The van der Waals surface area contributed by atoms with E-state index in [9.17, 15) is 19.1 Å². The lowest BCUT2D eigenvalue weighted by Crippen LogP contribution is -2.47. The summed E-state index contributed by atoms with van der Waals surface area (Å²) in [6.45, 7) is 5.11. The van der Waals surface area contributed by atoms with Crippen LogP contribution in [0.15, 0.2) is 42.6 Å². The highest BCUT2D eigenvalue weighted by molar-refractivity contribution is 5.93. The Labute approximate surface area is 163 Å². The van der Waals surface area contributed by atoms with E-state index in [1.807, 2.05) is 13.8 Å². The zero-order chi connectivity index (χ0) is 20.3. The van der Waals surface area contributed by atoms with Gasteiger partial charge in [-0.25, -0.2) is 9.37 Å². The largest absolute Gasteiger partial charge is 0.506 e. The van der Waals surface area contributed by atoms with Gasteiger partial charge in [0.2, 0.25) is 5.91 Å². The van der Waals surface area contributed by atoms with Gasteiger partial charge in [-0.1, -0.05) is 26.0 Å². The topological polar surface area (TPSA) is 73.7 Å². The summed E-state index contributed by atoms with van der Waals surface area (Å²) in [5, 5.41) is 9.37. The van der Waals surface area contributed by atoms with Crippen molar-refractivity contribution in [3.63, 3.8) is 0 Å². The third kappa shape index (κ3) is 4.47. The van der Waals surface area contributed by atoms with Crippen LogP contribution in [0, 0.1) is 11.7 Å². The lowest BCUT2D eigenvalue weighted by atomic mass is 10.0. The maximum Gasteiger partial charge on any atom is 0.272 e. The number of halogens is 1. The lowest BCUT2D eigenvalue weighted by Gasteiger charge is -2.34. The molecule has 0 aliphatic carbocycles. The molecule has 1 aliphatic rings. The molecule has 1 aliphatic heterocycles. The van der Waals surface area contributed by atoms with Gasteiger partial charge in [0, 0.05) is 26.1 Å². The second-order valence-corrected chi connectivity index (χ2v) is 7.36. The number of benzene rings is 1. The molecule has 7 heteroatoms. The average Bonchev–Trinajstić information content (AvgIpc) is 2.83. The molecule has 28 heavy (non-hydrogen) atoms. The number of aromatic hydroxyl groups is 1. The van der Waals surface area contributed by atoms with Crippen molar-refractivity contribution in [3.05, 3.63) is 59.7 Å². The molecular formula is C21H24FN3O3. The van der Waals surface area contributed by atoms with Crippen LogP contribution in [0.1, 0.15) is 36.3 Å². The second kappa shape index (κ2) is 8.37. The van der Waals surface area contributed by atoms with E-state index in [2.05, 4.69) is 4.98 Å². The number of pyridine rings is 1. The first-order chi connectivity index (χ1) is 13.3. The number of hydrogen-bond acceptors (Lipinski definition) is 4. The van der Waals surface area contributed by atoms with Crippen molar-refractivity contribution in [2.75, 3.05) is 13.1 Å². The summed E-state index contributed by atoms with van der Waals surface area (Å²) in [6.07, 6.45) is 1.45. The van der Waals surface area contributed by atoms with Crippen LogP contribution in [0.4, 0.5) is 4.39 Å². The lowest BCUT2D eigenvalue weighted by molar-refractivity contribution is -0.134. The molecule has 148 valence electrons. The summed E-state index contributed by atoms with van der Waals surface area (Å²) in [5.41, 5.74) is 1.08. The maximum absolute atomic E-state index is 13.2. The first-order valence-corrected chi connectivity index (χ1v) is 9.33. The smallest absolute Gasteiger partial charge is 0.272 e. The van der Waals surface area contributed by atoms with Crippen LogP contribution in [-0.2, 0) is 11.3 Å². The molecule has 1 N–H and O–H groups in total. The van der Waals surface area contributed by atoms with E-state index >= 15 is 0 Å². The van der Waals surface area contributed by atoms with Crippen molar-refractivity contribution in [2.45, 2.75) is 32.9 Å². The van der Waals surface area contributed by atoms with Crippen LogP contribution in [0.3, 0.4) is 0 Å². The van der Waals surface area contributed by atoms with Gasteiger partial charge in [0.1, 0.15) is 17.3 Å². The molecular weight excluding hydrogens is 361 g/mol. The van der Waals surface area contributed by atoms with Crippen molar-refractivity contribution in [2.24, 2.45) is 5.92 Å². The highest BCUT2D eigenvalue weighted by Gasteiger charge is 2.34. The Morgan fingerprint density at radius 3 is 2.57 bits per heavy atom. The van der Waals surface area contributed by atoms with Crippen LogP contribution in [-0.4, -0.2) is 50.8 Å². The highest BCUT2D eigenvalue weighted by Crippen LogP contribution is 2.22. The van der Waals surface area contributed by atoms with E-state index in [-0.39, 0.29) is 47.5 Å². The van der Waals surface area contributed by atoms with Gasteiger partial charge in [0.25, 0.3) is 5.91 Å². The predicted molar refractivity (Wildman–Crippen MR) is 102 cm³/mol. The van der Waals surface area contributed by atoms with Gasteiger partial charge in [-0.2, -0.15) is 0 Å². The average molecular weight is 385 g/mol. The van der Waals surface area contributed by atoms with E-state index in [0.717, 1.165) is 5.56 Å². The summed E-state index contributed by atoms with van der Waals surface area (Å²) in [6, 6.07) is 8.85. The Hall–Kier alpha value is -2.96. The number of amides is 2. The molecule has 2 heterocycles. The first kappa shape index (κ1) is 19.8. The van der Waals surface area contributed by atoms with E-state index in [0.29, 0.717) is 19.6 Å². The number of hydrogen-bond donors (Lipinski definition) is 1. The zero-order valence-electron chi connectivity index (χ0n) is 16.0. The number of carbonyl (C=O) groups excluding carboxylic acids is 2. The minimum absolute atomic E-state index is 0.00637. The molecule has 2 aromatic rings. The Balaban J connectivity index is 1.82. The van der Waals surface area contributed by atoms with Crippen molar-refractivity contribution in [1.82, 2.24) is 14.8 Å². The summed E-state index contributed by atoms with van der Waals surface area (Å²) in [7, 11) is 0. The van der Waals surface area contributed by atoms with Gasteiger partial charge >= 0.3 is 0 Å². The molecule has 3 rings (SSSR count). The third-order valence-electron chi connectivity index (χ3n) is 5.01. The molecule has 0 radical (unpaired) electrons. The van der Waals surface area contributed by atoms with Gasteiger partial charge in [-0.3, -0.25) is 9.59 Å². The fraction of sp³-hybridized carbons (Fsp3) is 0.381. The van der Waals surface area contributed by atoms with E-state index in [1.165, 1.54) is 30.5 Å². The molecule has 1 fully saturated rings. The molecule has 0 saturated carbocycles. The van der Waals surface area contributed by atoms with Crippen LogP contribution in [0.5, 0.6) is 5.75 Å². The van der Waals surface area contributed by atoms with Gasteiger partial charge in [-0.05, 0) is 35.7 Å².